The van der Waals surface area contributed by atoms with E-state index >= 15 is 0 Å². The zero-order chi connectivity index (χ0) is 36.0. The van der Waals surface area contributed by atoms with E-state index < -0.39 is 0 Å². The molecule has 1 atom stereocenters. The molecule has 0 radical (unpaired) electrons. The average molecular weight is 698 g/mol. The highest BCUT2D eigenvalue weighted by atomic mass is 15.0. The zero-order valence-electron chi connectivity index (χ0n) is 30.2. The van der Waals surface area contributed by atoms with Gasteiger partial charge in [-0.15, -0.1) is 0 Å². The van der Waals surface area contributed by atoms with Crippen molar-refractivity contribution in [2.45, 2.75) is 12.3 Å². The predicted molar refractivity (Wildman–Crippen MR) is 230 cm³/mol. The summed E-state index contributed by atoms with van der Waals surface area (Å²) in [5.41, 5.74) is 20.9. The normalized spacial score (nSPS) is 13.9. The number of fused-ring (bicyclic) bond motifs is 10. The van der Waals surface area contributed by atoms with E-state index in [1.165, 1.54) is 111 Å². The fourth-order valence-corrected chi connectivity index (χ4v) is 9.67. The number of aromatic nitrogens is 1. The second kappa shape index (κ2) is 11.8. The highest BCUT2D eigenvalue weighted by Gasteiger charge is 2.30. The highest BCUT2D eigenvalue weighted by molar-refractivity contribution is 6.12. The molecule has 0 saturated heterocycles. The second-order valence-corrected chi connectivity index (χ2v) is 15.3. The maximum Gasteiger partial charge on any atom is 0.0544 e. The molecule has 9 aromatic carbocycles. The van der Waals surface area contributed by atoms with Crippen LogP contribution in [0.4, 0.5) is 0 Å². The Kier molecular flexibility index (Phi) is 6.53. The first-order valence-electron chi connectivity index (χ1n) is 19.3. The Morgan fingerprint density at radius 3 is 1.93 bits per heavy atom. The summed E-state index contributed by atoms with van der Waals surface area (Å²) in [5, 5.41) is 5.14. The quantitative estimate of drug-likeness (QED) is 0.173. The molecule has 0 aliphatic heterocycles. The molecule has 1 heterocycles. The van der Waals surface area contributed by atoms with E-state index in [0.717, 1.165) is 6.42 Å². The van der Waals surface area contributed by atoms with Crippen LogP contribution >= 0.6 is 0 Å². The SMILES string of the molecule is c1ccc(-c2ccc(-n3c4ccc(-c5ccc6c(c5)-c5ccccc5C6c5ccc6ccccc6c5)cc4c4cc5c(cc43)Cc3ccccc3-5)cc2)cc1. The monoisotopic (exact) mass is 697 g/mol. The molecule has 0 amide bonds. The molecule has 12 rings (SSSR count). The molecule has 10 aromatic rings. The van der Waals surface area contributed by atoms with Gasteiger partial charge in [0.1, 0.15) is 0 Å². The second-order valence-electron chi connectivity index (χ2n) is 15.3. The topological polar surface area (TPSA) is 4.93 Å². The Labute approximate surface area is 320 Å². The van der Waals surface area contributed by atoms with Crippen molar-refractivity contribution in [3.63, 3.8) is 0 Å². The molecule has 55 heavy (non-hydrogen) atoms. The molecule has 0 spiro atoms. The molecule has 256 valence electrons. The molecule has 1 nitrogen and oxygen atoms in total. The van der Waals surface area contributed by atoms with Crippen molar-refractivity contribution >= 4 is 32.6 Å². The Balaban J connectivity index is 1.02. The number of rotatable bonds is 4. The summed E-state index contributed by atoms with van der Waals surface area (Å²) in [5.74, 6) is 0.212. The lowest BCUT2D eigenvalue weighted by Crippen LogP contribution is -1.99. The first-order chi connectivity index (χ1) is 27.2. The van der Waals surface area contributed by atoms with Crippen molar-refractivity contribution in [3.8, 4) is 50.2 Å². The Hall–Kier alpha value is -6.96. The van der Waals surface area contributed by atoms with E-state index in [1.807, 2.05) is 0 Å². The van der Waals surface area contributed by atoms with Gasteiger partial charge in [0.2, 0.25) is 0 Å². The van der Waals surface area contributed by atoms with Crippen molar-refractivity contribution in [1.82, 2.24) is 4.57 Å². The summed E-state index contributed by atoms with van der Waals surface area (Å²) in [6.45, 7) is 0. The van der Waals surface area contributed by atoms with Crippen molar-refractivity contribution in [1.29, 1.82) is 0 Å². The van der Waals surface area contributed by atoms with Gasteiger partial charge in [0.15, 0.2) is 0 Å². The highest BCUT2D eigenvalue weighted by Crippen LogP contribution is 2.50. The molecule has 1 heteroatoms. The van der Waals surface area contributed by atoms with Crippen LogP contribution in [0.25, 0.3) is 82.8 Å². The predicted octanol–water partition coefficient (Wildman–Crippen LogP) is 14.0. The smallest absolute Gasteiger partial charge is 0.0544 e. The number of benzene rings is 9. The van der Waals surface area contributed by atoms with Crippen molar-refractivity contribution in [2.24, 2.45) is 0 Å². The van der Waals surface area contributed by atoms with Gasteiger partial charge in [0.05, 0.1) is 11.0 Å². The van der Waals surface area contributed by atoms with Crippen LogP contribution in [0.1, 0.15) is 33.7 Å². The van der Waals surface area contributed by atoms with E-state index in [-0.39, 0.29) is 5.92 Å². The van der Waals surface area contributed by atoms with E-state index in [0.29, 0.717) is 0 Å². The maximum absolute atomic E-state index is 2.47. The first-order valence-corrected chi connectivity index (χ1v) is 19.3. The number of hydrogen-bond acceptors (Lipinski definition) is 0. The van der Waals surface area contributed by atoms with Gasteiger partial charge in [0.25, 0.3) is 0 Å². The van der Waals surface area contributed by atoms with Gasteiger partial charge < -0.3 is 4.57 Å². The van der Waals surface area contributed by atoms with Gasteiger partial charge in [-0.1, -0.05) is 152 Å². The summed E-state index contributed by atoms with van der Waals surface area (Å²) >= 11 is 0. The van der Waals surface area contributed by atoms with Gasteiger partial charge in [0, 0.05) is 22.4 Å². The van der Waals surface area contributed by atoms with E-state index in [4.69, 9.17) is 0 Å². The van der Waals surface area contributed by atoms with Crippen LogP contribution in [0.3, 0.4) is 0 Å². The molecule has 2 aliphatic rings. The molecule has 1 unspecified atom stereocenters. The lowest BCUT2D eigenvalue weighted by atomic mass is 9.87. The van der Waals surface area contributed by atoms with Crippen LogP contribution < -0.4 is 0 Å². The Morgan fingerprint density at radius 1 is 0.364 bits per heavy atom. The third-order valence-corrected chi connectivity index (χ3v) is 12.3. The van der Waals surface area contributed by atoms with Crippen LogP contribution in [0.15, 0.2) is 194 Å². The fraction of sp³-hybridized carbons (Fsp3) is 0.0370. The van der Waals surface area contributed by atoms with Gasteiger partial charge in [-0.3, -0.25) is 0 Å². The van der Waals surface area contributed by atoms with Gasteiger partial charge >= 0.3 is 0 Å². The van der Waals surface area contributed by atoms with Crippen LogP contribution in [0.2, 0.25) is 0 Å². The Morgan fingerprint density at radius 2 is 1.04 bits per heavy atom. The van der Waals surface area contributed by atoms with E-state index in [2.05, 4.69) is 199 Å². The molecular weight excluding hydrogens is 663 g/mol. The van der Waals surface area contributed by atoms with Crippen LogP contribution in [0, 0.1) is 0 Å². The summed E-state index contributed by atoms with van der Waals surface area (Å²) in [6.07, 6.45) is 0.970. The van der Waals surface area contributed by atoms with Crippen LogP contribution in [-0.2, 0) is 6.42 Å². The summed E-state index contributed by atoms with van der Waals surface area (Å²) in [7, 11) is 0. The minimum absolute atomic E-state index is 0.212. The molecule has 1 aromatic heterocycles. The maximum atomic E-state index is 2.47. The molecule has 0 saturated carbocycles. The molecule has 0 fully saturated rings. The number of hydrogen-bond donors (Lipinski definition) is 0. The first kappa shape index (κ1) is 30.5. The molecular formula is C54H35N. The average Bonchev–Trinajstić information content (AvgIpc) is 3.89. The van der Waals surface area contributed by atoms with Gasteiger partial charge in [-0.05, 0) is 132 Å². The molecule has 2 aliphatic carbocycles. The lowest BCUT2D eigenvalue weighted by Gasteiger charge is -2.16. The van der Waals surface area contributed by atoms with Gasteiger partial charge in [-0.2, -0.15) is 0 Å². The van der Waals surface area contributed by atoms with Crippen LogP contribution in [-0.4, -0.2) is 4.57 Å². The zero-order valence-corrected chi connectivity index (χ0v) is 30.2. The standard InChI is InChI=1S/C54H35N/c1-2-10-34(11-3-1)36-20-24-43(25-21-36)55-52-27-23-39(31-50(52)51-33-48-42(32-53(51)55)29-40-14-6-7-15-44(40)48)38-22-26-47-49(30-38)45-16-8-9-17-46(45)54(47)41-19-18-35-12-4-5-13-37(35)28-41/h1-28,30-33,54H,29H2. The van der Waals surface area contributed by atoms with Crippen molar-refractivity contribution < 1.29 is 0 Å². The lowest BCUT2D eigenvalue weighted by molar-refractivity contribution is 1.02. The third kappa shape index (κ3) is 4.66. The summed E-state index contributed by atoms with van der Waals surface area (Å²) in [4.78, 5) is 0. The minimum atomic E-state index is 0.212. The number of nitrogens with zero attached hydrogens (tertiary/aromatic N) is 1. The van der Waals surface area contributed by atoms with E-state index in [1.54, 1.807) is 0 Å². The Bertz CT molecular complexity index is 3160. The molecule has 0 bridgehead atoms. The summed E-state index contributed by atoms with van der Waals surface area (Å²) in [6, 6.07) is 72.4. The van der Waals surface area contributed by atoms with Crippen molar-refractivity contribution in [3.05, 3.63) is 222 Å². The van der Waals surface area contributed by atoms with Gasteiger partial charge in [-0.25, -0.2) is 0 Å². The van der Waals surface area contributed by atoms with E-state index in [9.17, 15) is 0 Å². The van der Waals surface area contributed by atoms with Crippen molar-refractivity contribution in [2.75, 3.05) is 0 Å². The largest absolute Gasteiger partial charge is 0.309 e. The fourth-order valence-electron chi connectivity index (χ4n) is 9.67. The third-order valence-electron chi connectivity index (χ3n) is 12.3. The van der Waals surface area contributed by atoms with Crippen LogP contribution in [0.5, 0.6) is 0 Å². The summed E-state index contributed by atoms with van der Waals surface area (Å²) < 4.78 is 2.47. The minimum Gasteiger partial charge on any atom is -0.309 e. The molecule has 0 N–H and O–H groups in total.